The van der Waals surface area contributed by atoms with E-state index in [2.05, 4.69) is 16.7 Å². The van der Waals surface area contributed by atoms with E-state index < -0.39 is 0 Å². The molecule has 7 nitrogen and oxygen atoms in total. The van der Waals surface area contributed by atoms with Crippen molar-refractivity contribution in [1.29, 1.82) is 0 Å². The molecule has 0 unspecified atom stereocenters. The molecule has 1 aromatic heterocycles. The summed E-state index contributed by atoms with van der Waals surface area (Å²) in [4.78, 5) is 30.3. The number of carbonyl (C=O) groups excluding carboxylic acids is 2. The average molecular weight is 494 g/mol. The average Bonchev–Trinajstić information content (AvgIpc) is 3.30. The first kappa shape index (κ1) is 24.2. The summed E-state index contributed by atoms with van der Waals surface area (Å²) in [6, 6.07) is 22.6. The molecule has 0 atom stereocenters. The molecule has 0 saturated carbocycles. The van der Waals surface area contributed by atoms with E-state index in [0.29, 0.717) is 16.9 Å². The van der Waals surface area contributed by atoms with Gasteiger partial charge in [-0.1, -0.05) is 30.3 Å². The van der Waals surface area contributed by atoms with Crippen molar-refractivity contribution in [2.45, 2.75) is 12.8 Å². The van der Waals surface area contributed by atoms with Gasteiger partial charge in [0.15, 0.2) is 0 Å². The summed E-state index contributed by atoms with van der Waals surface area (Å²) < 4.78 is 10.1. The first-order chi connectivity index (χ1) is 18.1. The molecule has 1 aliphatic rings. The number of carbonyl (C=O) groups is 2. The van der Waals surface area contributed by atoms with Gasteiger partial charge in [0.2, 0.25) is 5.91 Å². The maximum atomic E-state index is 13.6. The van der Waals surface area contributed by atoms with Crippen LogP contribution in [0.5, 0.6) is 5.75 Å². The molecule has 5 rings (SSSR count). The summed E-state index contributed by atoms with van der Waals surface area (Å²) in [7, 11) is 3.12. The van der Waals surface area contributed by atoms with Crippen molar-refractivity contribution >= 4 is 45.7 Å². The van der Waals surface area contributed by atoms with Gasteiger partial charge in [-0.05, 0) is 78.1 Å². The number of methoxy groups -OCH3 is 2. The molecular formula is C30H27N3O4. The van der Waals surface area contributed by atoms with E-state index in [9.17, 15) is 9.59 Å². The van der Waals surface area contributed by atoms with Crippen molar-refractivity contribution < 1.29 is 19.1 Å². The summed E-state index contributed by atoms with van der Waals surface area (Å²) in [5.74, 6) is 0.385. The number of nitrogens with one attached hydrogen (secondary N) is 2. The molecule has 37 heavy (non-hydrogen) atoms. The topological polar surface area (TPSA) is 89.6 Å². The van der Waals surface area contributed by atoms with Crippen LogP contribution in [0, 0.1) is 0 Å². The zero-order chi connectivity index (χ0) is 25.8. The number of benzene rings is 3. The molecule has 1 aliphatic carbocycles. The molecule has 3 aromatic carbocycles. The third-order valence-electron chi connectivity index (χ3n) is 6.33. The molecule has 0 bridgehead atoms. The molecule has 1 heterocycles. The molecule has 0 spiro atoms. The van der Waals surface area contributed by atoms with Gasteiger partial charge < -0.3 is 20.1 Å². The van der Waals surface area contributed by atoms with Crippen molar-refractivity contribution in [3.8, 4) is 5.75 Å². The summed E-state index contributed by atoms with van der Waals surface area (Å²) >= 11 is 0. The second-order valence-electron chi connectivity index (χ2n) is 8.79. The minimum atomic E-state index is -0.239. The number of hydrogen-bond acceptors (Lipinski definition) is 5. The van der Waals surface area contributed by atoms with Crippen LogP contribution in [0.4, 0.5) is 11.4 Å². The van der Waals surface area contributed by atoms with E-state index in [4.69, 9.17) is 14.5 Å². The molecule has 0 radical (unpaired) electrons. The lowest BCUT2D eigenvalue weighted by molar-refractivity contribution is -0.119. The number of pyridine rings is 1. The Labute approximate surface area is 215 Å². The number of amides is 2. The highest BCUT2D eigenvalue weighted by molar-refractivity contribution is 6.14. The highest BCUT2D eigenvalue weighted by Crippen LogP contribution is 2.38. The number of allylic oxidation sites excluding steroid dienone is 1. The monoisotopic (exact) mass is 493 g/mol. The van der Waals surface area contributed by atoms with Gasteiger partial charge in [-0.25, -0.2) is 4.98 Å². The highest BCUT2D eigenvalue weighted by Gasteiger charge is 2.27. The SMILES string of the molecule is COCC(=O)Nc1ccc(NC(=O)c2c3c(nc4ccccc24)/C(=C/c2ccc(OC)cc2)CC3)cc1. The number of nitrogens with zero attached hydrogens (tertiary/aromatic N) is 1. The molecule has 7 heteroatoms. The Balaban J connectivity index is 1.46. The van der Waals surface area contributed by atoms with Crippen molar-refractivity contribution in [2.24, 2.45) is 0 Å². The minimum Gasteiger partial charge on any atom is -0.497 e. The fourth-order valence-corrected chi connectivity index (χ4v) is 4.60. The van der Waals surface area contributed by atoms with Crippen LogP contribution in [0.2, 0.25) is 0 Å². The second-order valence-corrected chi connectivity index (χ2v) is 8.79. The Morgan fingerprint density at radius 1 is 0.892 bits per heavy atom. The number of fused-ring (bicyclic) bond motifs is 2. The molecule has 4 aromatic rings. The second kappa shape index (κ2) is 10.6. The molecule has 0 aliphatic heterocycles. The van der Waals surface area contributed by atoms with Crippen LogP contribution < -0.4 is 15.4 Å². The maximum Gasteiger partial charge on any atom is 0.256 e. The number of rotatable bonds is 7. The van der Waals surface area contributed by atoms with Crippen LogP contribution in [0.1, 0.15) is 33.6 Å². The van der Waals surface area contributed by atoms with Gasteiger partial charge in [-0.3, -0.25) is 9.59 Å². The number of ether oxygens (including phenoxy) is 2. The number of hydrogen-bond donors (Lipinski definition) is 2. The van der Waals surface area contributed by atoms with E-state index in [1.54, 1.807) is 31.4 Å². The zero-order valence-corrected chi connectivity index (χ0v) is 20.7. The van der Waals surface area contributed by atoms with E-state index in [1.165, 1.54) is 7.11 Å². The smallest absolute Gasteiger partial charge is 0.256 e. The first-order valence-electron chi connectivity index (χ1n) is 12.0. The lowest BCUT2D eigenvalue weighted by atomic mass is 9.99. The van der Waals surface area contributed by atoms with Gasteiger partial charge in [0.1, 0.15) is 12.4 Å². The van der Waals surface area contributed by atoms with E-state index >= 15 is 0 Å². The molecule has 2 amide bonds. The van der Waals surface area contributed by atoms with Crippen LogP contribution in [-0.2, 0) is 16.0 Å². The number of anilines is 2. The fourth-order valence-electron chi connectivity index (χ4n) is 4.60. The van der Waals surface area contributed by atoms with Crippen molar-refractivity contribution in [1.82, 2.24) is 4.98 Å². The van der Waals surface area contributed by atoms with E-state index in [-0.39, 0.29) is 18.4 Å². The van der Waals surface area contributed by atoms with Gasteiger partial charge in [-0.15, -0.1) is 0 Å². The Morgan fingerprint density at radius 2 is 1.59 bits per heavy atom. The minimum absolute atomic E-state index is 0.0202. The van der Waals surface area contributed by atoms with Gasteiger partial charge in [0.05, 0.1) is 23.9 Å². The highest BCUT2D eigenvalue weighted by atomic mass is 16.5. The third kappa shape index (κ3) is 5.22. The molecule has 186 valence electrons. The van der Waals surface area contributed by atoms with Gasteiger partial charge in [0, 0.05) is 23.9 Å². The lowest BCUT2D eigenvalue weighted by Gasteiger charge is -2.13. The Bertz CT molecular complexity index is 1490. The van der Waals surface area contributed by atoms with Crippen molar-refractivity contribution in [2.75, 3.05) is 31.5 Å². The molecule has 2 N–H and O–H groups in total. The van der Waals surface area contributed by atoms with Crippen LogP contribution in [0.15, 0.2) is 72.8 Å². The molecular weight excluding hydrogens is 466 g/mol. The summed E-state index contributed by atoms with van der Waals surface area (Å²) in [6.45, 7) is -0.0202. The molecule has 0 fully saturated rings. The number of aromatic nitrogens is 1. The largest absolute Gasteiger partial charge is 0.497 e. The Hall–Kier alpha value is -4.49. The summed E-state index contributed by atoms with van der Waals surface area (Å²) in [6.07, 6.45) is 3.68. The van der Waals surface area contributed by atoms with Gasteiger partial charge in [0.25, 0.3) is 5.91 Å². The van der Waals surface area contributed by atoms with Crippen LogP contribution in [0.25, 0.3) is 22.6 Å². The van der Waals surface area contributed by atoms with Crippen LogP contribution >= 0.6 is 0 Å². The standard InChI is InChI=1S/C30H27N3O4/c1-36-18-27(34)31-21-10-12-22(13-11-21)32-30(35)28-24-5-3-4-6-26(24)33-29-20(9-16-25(28)29)17-19-7-14-23(37-2)15-8-19/h3-8,10-15,17H,9,16,18H2,1-2H3,(H,31,34)(H,32,35)/b20-17+. The quantitative estimate of drug-likeness (QED) is 0.351. The van der Waals surface area contributed by atoms with Gasteiger partial charge >= 0.3 is 0 Å². The lowest BCUT2D eigenvalue weighted by Crippen LogP contribution is -2.17. The predicted octanol–water partition coefficient (Wildman–Crippen LogP) is 5.57. The van der Waals surface area contributed by atoms with E-state index in [1.807, 2.05) is 48.5 Å². The van der Waals surface area contributed by atoms with Crippen LogP contribution in [0.3, 0.4) is 0 Å². The zero-order valence-electron chi connectivity index (χ0n) is 20.7. The number of para-hydroxylation sites is 1. The molecule has 0 saturated heterocycles. The predicted molar refractivity (Wildman–Crippen MR) is 146 cm³/mol. The van der Waals surface area contributed by atoms with Gasteiger partial charge in [-0.2, -0.15) is 0 Å². The fraction of sp³-hybridized carbons (Fsp3) is 0.167. The van der Waals surface area contributed by atoms with E-state index in [0.717, 1.165) is 51.9 Å². The Kier molecular flexibility index (Phi) is 6.96. The Morgan fingerprint density at radius 3 is 2.30 bits per heavy atom. The van der Waals surface area contributed by atoms with Crippen LogP contribution in [-0.4, -0.2) is 37.6 Å². The normalized spacial score (nSPS) is 13.4. The van der Waals surface area contributed by atoms with Crippen molar-refractivity contribution in [3.63, 3.8) is 0 Å². The summed E-state index contributed by atoms with van der Waals surface area (Å²) in [5.41, 5.74) is 6.69. The third-order valence-corrected chi connectivity index (χ3v) is 6.33. The van der Waals surface area contributed by atoms with Crippen molar-refractivity contribution in [3.05, 3.63) is 95.2 Å². The first-order valence-corrected chi connectivity index (χ1v) is 12.0. The maximum absolute atomic E-state index is 13.6. The summed E-state index contributed by atoms with van der Waals surface area (Å²) in [5, 5.41) is 6.60.